The molecule has 0 amide bonds. The van der Waals surface area contributed by atoms with E-state index in [1.165, 1.54) is 10.1 Å². The third kappa shape index (κ3) is 2.31. The molecule has 2 heterocycles. The standard InChI is InChI=1S/C17H18N2O2S/c1-4-11-6-5-7-13-12(9-18-15(11)13)8-14-16(20)19(10(2)3)17(21)22-14/h5-10,20H,4H2,1-3H3. The highest BCUT2D eigenvalue weighted by Crippen LogP contribution is 2.37. The average Bonchev–Trinajstić information content (AvgIpc) is 3.01. The van der Waals surface area contributed by atoms with Crippen LogP contribution in [0.25, 0.3) is 11.6 Å². The number of aromatic nitrogens is 1. The van der Waals surface area contributed by atoms with Gasteiger partial charge in [0, 0.05) is 23.4 Å². The zero-order valence-electron chi connectivity index (χ0n) is 12.8. The van der Waals surface area contributed by atoms with E-state index in [0.29, 0.717) is 4.88 Å². The van der Waals surface area contributed by atoms with E-state index < -0.39 is 0 Å². The van der Waals surface area contributed by atoms with Crippen molar-refractivity contribution in [2.75, 3.05) is 0 Å². The van der Waals surface area contributed by atoms with E-state index in [9.17, 15) is 9.90 Å². The summed E-state index contributed by atoms with van der Waals surface area (Å²) in [6.07, 6.45) is 4.57. The molecule has 22 heavy (non-hydrogen) atoms. The van der Waals surface area contributed by atoms with Crippen molar-refractivity contribution in [1.82, 2.24) is 4.57 Å². The lowest BCUT2D eigenvalue weighted by molar-refractivity contribution is 0.395. The lowest BCUT2D eigenvalue weighted by atomic mass is 10.0. The number of allylic oxidation sites excluding steroid dienone is 1. The number of rotatable bonds is 3. The molecule has 1 aliphatic heterocycles. The third-order valence-electron chi connectivity index (χ3n) is 3.79. The van der Waals surface area contributed by atoms with Gasteiger partial charge in [-0.15, -0.1) is 0 Å². The van der Waals surface area contributed by atoms with Gasteiger partial charge in [-0.05, 0) is 31.9 Å². The Morgan fingerprint density at radius 1 is 1.41 bits per heavy atom. The van der Waals surface area contributed by atoms with Gasteiger partial charge in [-0.25, -0.2) is 0 Å². The largest absolute Gasteiger partial charge is 0.493 e. The average molecular weight is 314 g/mol. The Bertz CT molecular complexity index is 841. The molecular weight excluding hydrogens is 296 g/mol. The van der Waals surface area contributed by atoms with Crippen LogP contribution >= 0.6 is 11.3 Å². The van der Waals surface area contributed by atoms with E-state index in [4.69, 9.17) is 0 Å². The van der Waals surface area contributed by atoms with Gasteiger partial charge in [0.05, 0.1) is 10.6 Å². The number of nitrogens with zero attached hydrogens (tertiary/aromatic N) is 2. The number of para-hydroxylation sites is 1. The van der Waals surface area contributed by atoms with Gasteiger partial charge in [0.1, 0.15) is 0 Å². The smallest absolute Gasteiger partial charge is 0.310 e. The van der Waals surface area contributed by atoms with E-state index in [1.54, 1.807) is 6.21 Å². The summed E-state index contributed by atoms with van der Waals surface area (Å²) in [5.41, 5.74) is 4.18. The summed E-state index contributed by atoms with van der Waals surface area (Å²) < 4.78 is 1.41. The molecule has 0 saturated heterocycles. The Morgan fingerprint density at radius 3 is 2.82 bits per heavy atom. The fraction of sp³-hybridized carbons (Fsp3) is 0.294. The van der Waals surface area contributed by atoms with Gasteiger partial charge in [-0.2, -0.15) is 0 Å². The Morgan fingerprint density at radius 2 is 2.18 bits per heavy atom. The molecule has 1 aromatic carbocycles. The molecule has 0 saturated carbocycles. The predicted molar refractivity (Wildman–Crippen MR) is 92.5 cm³/mol. The Balaban J connectivity index is 2.09. The van der Waals surface area contributed by atoms with E-state index in [1.807, 2.05) is 32.1 Å². The summed E-state index contributed by atoms with van der Waals surface area (Å²) in [4.78, 5) is 16.9. The highest BCUT2D eigenvalue weighted by atomic mass is 32.1. The summed E-state index contributed by atoms with van der Waals surface area (Å²) in [7, 11) is 0. The fourth-order valence-corrected chi connectivity index (χ4v) is 3.62. The quantitative estimate of drug-likeness (QED) is 0.930. The lowest BCUT2D eigenvalue weighted by Crippen LogP contribution is -2.14. The third-order valence-corrected chi connectivity index (χ3v) is 4.68. The minimum Gasteiger partial charge on any atom is -0.493 e. The molecule has 1 aromatic heterocycles. The molecule has 3 rings (SSSR count). The van der Waals surface area contributed by atoms with Crippen molar-refractivity contribution in [2.24, 2.45) is 4.99 Å². The van der Waals surface area contributed by atoms with Gasteiger partial charge in [0.25, 0.3) is 0 Å². The Labute approximate surface area is 133 Å². The number of aliphatic imine (C=N–C) groups is 1. The molecule has 0 aliphatic carbocycles. The summed E-state index contributed by atoms with van der Waals surface area (Å²) in [6.45, 7) is 5.86. The topological polar surface area (TPSA) is 54.6 Å². The molecular formula is C17H18N2O2S. The van der Waals surface area contributed by atoms with Crippen LogP contribution in [0.1, 0.15) is 42.8 Å². The molecule has 5 heteroatoms. The second kappa shape index (κ2) is 5.57. The van der Waals surface area contributed by atoms with Crippen molar-refractivity contribution in [3.63, 3.8) is 0 Å². The molecule has 0 radical (unpaired) electrons. The zero-order chi connectivity index (χ0) is 15.9. The predicted octanol–water partition coefficient (Wildman–Crippen LogP) is 4.02. The first-order chi connectivity index (χ1) is 10.5. The van der Waals surface area contributed by atoms with Crippen LogP contribution in [0.3, 0.4) is 0 Å². The molecule has 1 N–H and O–H groups in total. The molecule has 0 atom stereocenters. The maximum Gasteiger partial charge on any atom is 0.310 e. The number of aryl methyl sites for hydroxylation is 1. The van der Waals surface area contributed by atoms with Gasteiger partial charge >= 0.3 is 4.87 Å². The maximum atomic E-state index is 12.0. The van der Waals surface area contributed by atoms with Crippen LogP contribution in [0.4, 0.5) is 5.69 Å². The highest BCUT2D eigenvalue weighted by Gasteiger charge is 2.18. The molecule has 4 nitrogen and oxygen atoms in total. The first kappa shape index (κ1) is 14.8. The van der Waals surface area contributed by atoms with E-state index in [-0.39, 0.29) is 16.8 Å². The summed E-state index contributed by atoms with van der Waals surface area (Å²) in [6, 6.07) is 6.05. The molecule has 114 valence electrons. The second-order valence-corrected chi connectivity index (χ2v) is 6.54. The first-order valence-corrected chi connectivity index (χ1v) is 8.17. The number of fused-ring (bicyclic) bond motifs is 1. The van der Waals surface area contributed by atoms with Crippen LogP contribution in [-0.4, -0.2) is 15.9 Å². The van der Waals surface area contributed by atoms with E-state index in [2.05, 4.69) is 18.0 Å². The fourth-order valence-electron chi connectivity index (χ4n) is 2.67. The number of aromatic hydroxyl groups is 1. The van der Waals surface area contributed by atoms with Crippen LogP contribution in [0.5, 0.6) is 5.88 Å². The zero-order valence-corrected chi connectivity index (χ0v) is 13.6. The van der Waals surface area contributed by atoms with Crippen LogP contribution in [0, 0.1) is 0 Å². The Kier molecular flexibility index (Phi) is 3.74. The molecule has 0 bridgehead atoms. The van der Waals surface area contributed by atoms with Gasteiger partial charge in [-0.3, -0.25) is 14.4 Å². The van der Waals surface area contributed by atoms with Gasteiger partial charge in [-0.1, -0.05) is 36.5 Å². The van der Waals surface area contributed by atoms with Crippen LogP contribution in [0.15, 0.2) is 28.0 Å². The maximum absolute atomic E-state index is 12.0. The van der Waals surface area contributed by atoms with Crippen molar-refractivity contribution >= 4 is 34.9 Å². The molecule has 0 spiro atoms. The van der Waals surface area contributed by atoms with Crippen LogP contribution < -0.4 is 4.87 Å². The number of hydrogen-bond acceptors (Lipinski definition) is 4. The highest BCUT2D eigenvalue weighted by molar-refractivity contribution is 7.10. The lowest BCUT2D eigenvalue weighted by Gasteiger charge is -2.06. The summed E-state index contributed by atoms with van der Waals surface area (Å²) in [5.74, 6) is 0.0333. The monoisotopic (exact) mass is 314 g/mol. The minimum absolute atomic E-state index is 0.0333. The molecule has 2 aromatic rings. The Hall–Kier alpha value is -2.14. The first-order valence-electron chi connectivity index (χ1n) is 7.35. The van der Waals surface area contributed by atoms with E-state index >= 15 is 0 Å². The van der Waals surface area contributed by atoms with Crippen LogP contribution in [0.2, 0.25) is 0 Å². The van der Waals surface area contributed by atoms with Crippen molar-refractivity contribution in [1.29, 1.82) is 0 Å². The normalized spacial score (nSPS) is 15.0. The van der Waals surface area contributed by atoms with Gasteiger partial charge in [0.15, 0.2) is 0 Å². The van der Waals surface area contributed by atoms with Crippen molar-refractivity contribution in [3.05, 3.63) is 43.9 Å². The van der Waals surface area contributed by atoms with Crippen molar-refractivity contribution in [2.45, 2.75) is 33.2 Å². The SMILES string of the molecule is CCc1cccc2c1N=CC2=Cc1sc(=O)n(C(C)C)c1O. The summed E-state index contributed by atoms with van der Waals surface area (Å²) >= 11 is 1.06. The van der Waals surface area contributed by atoms with Crippen LogP contribution in [-0.2, 0) is 6.42 Å². The number of benzene rings is 1. The second-order valence-electron chi connectivity index (χ2n) is 5.54. The molecule has 0 fully saturated rings. The molecule has 1 aliphatic rings. The van der Waals surface area contributed by atoms with Crippen molar-refractivity contribution in [3.8, 4) is 5.88 Å². The summed E-state index contributed by atoms with van der Waals surface area (Å²) in [5, 5.41) is 10.3. The number of thiazole rings is 1. The van der Waals surface area contributed by atoms with Gasteiger partial charge < -0.3 is 5.11 Å². The van der Waals surface area contributed by atoms with Gasteiger partial charge in [0.2, 0.25) is 5.88 Å². The molecule has 0 unspecified atom stereocenters. The number of hydrogen-bond donors (Lipinski definition) is 1. The van der Waals surface area contributed by atoms with E-state index in [0.717, 1.165) is 34.6 Å². The van der Waals surface area contributed by atoms with Crippen molar-refractivity contribution < 1.29 is 5.11 Å². The minimum atomic E-state index is -0.142.